The smallest absolute Gasteiger partial charge is 0.282 e. The summed E-state index contributed by atoms with van der Waals surface area (Å²) in [5.41, 5.74) is 1.32. The molecule has 0 aliphatic carbocycles. The van der Waals surface area contributed by atoms with Gasteiger partial charge in [0.1, 0.15) is 11.6 Å². The van der Waals surface area contributed by atoms with Crippen molar-refractivity contribution in [2.24, 2.45) is 5.10 Å². The molecule has 0 unspecified atom stereocenters. The third-order valence-corrected chi connectivity index (χ3v) is 4.05. The Morgan fingerprint density at radius 2 is 1.92 bits per heavy atom. The number of fused-ring (bicyclic) bond motifs is 1. The molecule has 5 heteroatoms. The minimum Gasteiger partial charge on any atom is -0.490 e. The molecular weight excluding hydrogens is 314 g/mol. The number of aromatic nitrogens is 2. The SMILES string of the molecule is CC[C@@H](C)Oc1ccccc1/C=N/n1c(C)nc2ccccc2c1=O. The molecule has 25 heavy (non-hydrogen) atoms. The van der Waals surface area contributed by atoms with Gasteiger partial charge in [0.15, 0.2) is 0 Å². The Bertz CT molecular complexity index is 976. The number of para-hydroxylation sites is 2. The molecule has 0 saturated heterocycles. The summed E-state index contributed by atoms with van der Waals surface area (Å²) in [4.78, 5) is 17.1. The van der Waals surface area contributed by atoms with Gasteiger partial charge in [0.05, 0.1) is 23.2 Å². The summed E-state index contributed by atoms with van der Waals surface area (Å²) < 4.78 is 7.24. The molecule has 3 aromatic rings. The van der Waals surface area contributed by atoms with Crippen molar-refractivity contribution in [2.75, 3.05) is 0 Å². The molecular formula is C20H21N3O2. The first-order valence-corrected chi connectivity index (χ1v) is 8.38. The monoisotopic (exact) mass is 335 g/mol. The lowest BCUT2D eigenvalue weighted by Gasteiger charge is -2.14. The summed E-state index contributed by atoms with van der Waals surface area (Å²) >= 11 is 0. The van der Waals surface area contributed by atoms with Gasteiger partial charge >= 0.3 is 0 Å². The number of hydrogen-bond acceptors (Lipinski definition) is 4. The molecule has 2 aromatic carbocycles. The second kappa shape index (κ2) is 7.30. The minimum absolute atomic E-state index is 0.112. The number of benzene rings is 2. The Morgan fingerprint density at radius 1 is 1.20 bits per heavy atom. The molecule has 1 aromatic heterocycles. The molecule has 1 heterocycles. The molecule has 3 rings (SSSR count). The Morgan fingerprint density at radius 3 is 2.72 bits per heavy atom. The molecule has 0 aliphatic heterocycles. The van der Waals surface area contributed by atoms with Crippen LogP contribution in [0.1, 0.15) is 31.7 Å². The second-order valence-corrected chi connectivity index (χ2v) is 5.91. The lowest BCUT2D eigenvalue weighted by molar-refractivity contribution is 0.217. The second-order valence-electron chi connectivity index (χ2n) is 5.91. The fraction of sp³-hybridized carbons (Fsp3) is 0.250. The van der Waals surface area contributed by atoms with Crippen LogP contribution in [0.15, 0.2) is 58.4 Å². The van der Waals surface area contributed by atoms with Crippen LogP contribution in [-0.4, -0.2) is 22.0 Å². The van der Waals surface area contributed by atoms with Crippen LogP contribution in [0.3, 0.4) is 0 Å². The molecule has 0 fully saturated rings. The topological polar surface area (TPSA) is 56.5 Å². The maximum atomic E-state index is 12.7. The van der Waals surface area contributed by atoms with E-state index in [1.165, 1.54) is 4.68 Å². The molecule has 5 nitrogen and oxygen atoms in total. The fourth-order valence-electron chi connectivity index (χ4n) is 2.49. The summed E-state index contributed by atoms with van der Waals surface area (Å²) in [7, 11) is 0. The van der Waals surface area contributed by atoms with Gasteiger partial charge in [-0.25, -0.2) is 4.98 Å². The Balaban J connectivity index is 2.01. The summed E-state index contributed by atoms with van der Waals surface area (Å²) in [6.45, 7) is 5.87. The van der Waals surface area contributed by atoms with Crippen molar-refractivity contribution in [2.45, 2.75) is 33.3 Å². The third kappa shape index (κ3) is 3.60. The first kappa shape index (κ1) is 16.9. The van der Waals surface area contributed by atoms with Gasteiger partial charge in [0.25, 0.3) is 5.56 Å². The number of nitrogens with zero attached hydrogens (tertiary/aromatic N) is 3. The summed E-state index contributed by atoms with van der Waals surface area (Å²) in [5.74, 6) is 1.29. The van der Waals surface area contributed by atoms with Crippen LogP contribution in [0.25, 0.3) is 10.9 Å². The minimum atomic E-state index is -0.181. The van der Waals surface area contributed by atoms with Gasteiger partial charge in [0, 0.05) is 5.56 Å². The number of hydrogen-bond donors (Lipinski definition) is 0. The van der Waals surface area contributed by atoms with E-state index in [0.717, 1.165) is 17.7 Å². The highest BCUT2D eigenvalue weighted by molar-refractivity contribution is 5.83. The lowest BCUT2D eigenvalue weighted by Crippen LogP contribution is -2.20. The molecule has 128 valence electrons. The average molecular weight is 335 g/mol. The molecule has 1 atom stereocenters. The maximum Gasteiger partial charge on any atom is 0.282 e. The first-order valence-electron chi connectivity index (χ1n) is 8.38. The van der Waals surface area contributed by atoms with Crippen LogP contribution >= 0.6 is 0 Å². The van der Waals surface area contributed by atoms with Crippen molar-refractivity contribution in [1.29, 1.82) is 0 Å². The summed E-state index contributed by atoms with van der Waals surface area (Å²) in [5, 5.41) is 4.91. The predicted molar refractivity (Wildman–Crippen MR) is 101 cm³/mol. The highest BCUT2D eigenvalue weighted by Gasteiger charge is 2.08. The van der Waals surface area contributed by atoms with Crippen LogP contribution in [0.4, 0.5) is 0 Å². The highest BCUT2D eigenvalue weighted by Crippen LogP contribution is 2.18. The fourth-order valence-corrected chi connectivity index (χ4v) is 2.49. The average Bonchev–Trinajstić information content (AvgIpc) is 2.62. The van der Waals surface area contributed by atoms with Gasteiger partial charge in [-0.3, -0.25) is 4.79 Å². The molecule has 0 radical (unpaired) electrons. The zero-order valence-corrected chi connectivity index (χ0v) is 14.6. The van der Waals surface area contributed by atoms with Crippen molar-refractivity contribution in [3.05, 3.63) is 70.3 Å². The first-order chi connectivity index (χ1) is 12.1. The van der Waals surface area contributed by atoms with Gasteiger partial charge < -0.3 is 4.74 Å². The zero-order chi connectivity index (χ0) is 17.8. The van der Waals surface area contributed by atoms with Crippen molar-refractivity contribution in [1.82, 2.24) is 9.66 Å². The van der Waals surface area contributed by atoms with Gasteiger partial charge in [-0.15, -0.1) is 0 Å². The van der Waals surface area contributed by atoms with E-state index in [1.807, 2.05) is 49.4 Å². The lowest BCUT2D eigenvalue weighted by atomic mass is 10.2. The summed E-state index contributed by atoms with van der Waals surface area (Å²) in [6.07, 6.45) is 2.67. The quantitative estimate of drug-likeness (QED) is 0.667. The summed E-state index contributed by atoms with van der Waals surface area (Å²) in [6, 6.07) is 14.9. The highest BCUT2D eigenvalue weighted by atomic mass is 16.5. The van der Waals surface area contributed by atoms with E-state index in [9.17, 15) is 4.79 Å². The normalized spacial score (nSPS) is 12.6. The van der Waals surface area contributed by atoms with E-state index in [2.05, 4.69) is 17.0 Å². The third-order valence-electron chi connectivity index (χ3n) is 4.05. The zero-order valence-electron chi connectivity index (χ0n) is 14.6. The van der Waals surface area contributed by atoms with Gasteiger partial charge in [-0.2, -0.15) is 9.78 Å². The molecule has 0 spiro atoms. The molecule has 0 amide bonds. The van der Waals surface area contributed by atoms with E-state index in [-0.39, 0.29) is 11.7 Å². The van der Waals surface area contributed by atoms with Crippen LogP contribution < -0.4 is 10.3 Å². The molecule has 0 bridgehead atoms. The molecule has 0 saturated carbocycles. The van der Waals surface area contributed by atoms with Crippen LogP contribution in [0, 0.1) is 6.92 Å². The van der Waals surface area contributed by atoms with Gasteiger partial charge in [-0.1, -0.05) is 31.2 Å². The van der Waals surface area contributed by atoms with Crippen molar-refractivity contribution in [3.63, 3.8) is 0 Å². The van der Waals surface area contributed by atoms with Crippen molar-refractivity contribution in [3.8, 4) is 5.75 Å². The largest absolute Gasteiger partial charge is 0.490 e. The van der Waals surface area contributed by atoms with Crippen LogP contribution in [0.2, 0.25) is 0 Å². The predicted octanol–water partition coefficient (Wildman–Crippen LogP) is 3.76. The van der Waals surface area contributed by atoms with Crippen LogP contribution in [0.5, 0.6) is 5.75 Å². The van der Waals surface area contributed by atoms with Gasteiger partial charge in [0.2, 0.25) is 0 Å². The van der Waals surface area contributed by atoms with Gasteiger partial charge in [-0.05, 0) is 44.5 Å². The standard InChI is InChI=1S/C20H21N3O2/c1-4-14(2)25-19-12-8-5-9-16(19)13-21-23-15(3)22-18-11-7-6-10-17(18)20(23)24/h5-14H,4H2,1-3H3/b21-13+/t14-/m1/s1. The number of aryl methyl sites for hydroxylation is 1. The van der Waals surface area contributed by atoms with E-state index >= 15 is 0 Å². The van der Waals surface area contributed by atoms with Crippen LogP contribution in [-0.2, 0) is 0 Å². The maximum absolute atomic E-state index is 12.7. The van der Waals surface area contributed by atoms with E-state index < -0.39 is 0 Å². The number of rotatable bonds is 5. The Kier molecular flexibility index (Phi) is 4.93. The Hall–Kier alpha value is -2.95. The van der Waals surface area contributed by atoms with Crippen molar-refractivity contribution >= 4 is 17.1 Å². The van der Waals surface area contributed by atoms with E-state index in [0.29, 0.717) is 16.7 Å². The van der Waals surface area contributed by atoms with E-state index in [1.54, 1.807) is 19.2 Å². The molecule has 0 N–H and O–H groups in total. The number of ether oxygens (including phenoxy) is 1. The van der Waals surface area contributed by atoms with E-state index in [4.69, 9.17) is 4.74 Å². The molecule has 0 aliphatic rings. The Labute approximate surface area is 146 Å². The van der Waals surface area contributed by atoms with Crippen molar-refractivity contribution < 1.29 is 4.74 Å².